The Morgan fingerprint density at radius 1 is 1.50 bits per heavy atom. The quantitative estimate of drug-likeness (QED) is 0.720. The zero-order valence-corrected chi connectivity index (χ0v) is 11.1. The maximum Gasteiger partial charge on any atom is 0.0558 e. The monoisotopic (exact) mass is 228 g/mol. The topological polar surface area (TPSA) is 35.5 Å². The Kier molecular flexibility index (Phi) is 5.73. The van der Waals surface area contributed by atoms with Gasteiger partial charge in [-0.05, 0) is 38.3 Å². The van der Waals surface area contributed by atoms with E-state index in [1.165, 1.54) is 25.7 Å². The van der Waals surface area contributed by atoms with Crippen molar-refractivity contribution in [2.75, 3.05) is 40.3 Å². The molecule has 1 fully saturated rings. The molecule has 1 rings (SSSR count). The molecule has 2 unspecified atom stereocenters. The van der Waals surface area contributed by atoms with Gasteiger partial charge in [-0.25, -0.2) is 0 Å². The number of aliphatic hydroxyl groups is 1. The Hall–Kier alpha value is -0.120. The average molecular weight is 228 g/mol. The summed E-state index contributed by atoms with van der Waals surface area (Å²) in [6, 6.07) is 0. The van der Waals surface area contributed by atoms with Gasteiger partial charge in [0, 0.05) is 19.6 Å². The number of aliphatic hydroxyl groups excluding tert-OH is 1. The summed E-state index contributed by atoms with van der Waals surface area (Å²) < 4.78 is 0. The normalized spacial score (nSPS) is 30.9. The molecule has 0 amide bonds. The highest BCUT2D eigenvalue weighted by atomic mass is 16.3. The second kappa shape index (κ2) is 6.58. The third-order valence-corrected chi connectivity index (χ3v) is 3.82. The largest absolute Gasteiger partial charge is 0.395 e. The van der Waals surface area contributed by atoms with Gasteiger partial charge in [0.1, 0.15) is 0 Å². The fourth-order valence-corrected chi connectivity index (χ4v) is 3.33. The smallest absolute Gasteiger partial charge is 0.0558 e. The molecule has 0 aliphatic heterocycles. The van der Waals surface area contributed by atoms with E-state index in [1.54, 1.807) is 0 Å². The first kappa shape index (κ1) is 13.9. The molecule has 1 aliphatic carbocycles. The minimum absolute atomic E-state index is 0.266. The first-order valence-electron chi connectivity index (χ1n) is 6.56. The van der Waals surface area contributed by atoms with Crippen molar-refractivity contribution in [2.45, 2.75) is 32.6 Å². The molecule has 1 aliphatic rings. The zero-order valence-electron chi connectivity index (χ0n) is 11.1. The van der Waals surface area contributed by atoms with Crippen LogP contribution in [0, 0.1) is 11.3 Å². The van der Waals surface area contributed by atoms with Crippen LogP contribution in [0.4, 0.5) is 0 Å². The molecule has 3 nitrogen and oxygen atoms in total. The zero-order chi connectivity index (χ0) is 12.0. The molecule has 2 atom stereocenters. The lowest BCUT2D eigenvalue weighted by molar-refractivity contribution is 0.0852. The molecule has 0 aromatic heterocycles. The SMILES string of the molecule is CNCC1(CN(C)CCO)CCCC(C)C1. The Morgan fingerprint density at radius 2 is 2.25 bits per heavy atom. The highest BCUT2D eigenvalue weighted by Gasteiger charge is 2.35. The molecule has 2 N–H and O–H groups in total. The van der Waals surface area contributed by atoms with E-state index in [-0.39, 0.29) is 6.61 Å². The predicted molar refractivity (Wildman–Crippen MR) is 68.6 cm³/mol. The number of hydrogen-bond donors (Lipinski definition) is 2. The van der Waals surface area contributed by atoms with Crippen molar-refractivity contribution < 1.29 is 5.11 Å². The average Bonchev–Trinajstić information content (AvgIpc) is 2.17. The van der Waals surface area contributed by atoms with Crippen LogP contribution in [0.2, 0.25) is 0 Å². The Labute approximate surface area is 100 Å². The molecule has 0 heterocycles. The van der Waals surface area contributed by atoms with Gasteiger partial charge >= 0.3 is 0 Å². The standard InChI is InChI=1S/C13H28N2O/c1-12-5-4-6-13(9-12,10-14-2)11-15(3)7-8-16/h12,14,16H,4-11H2,1-3H3. The molecule has 0 aromatic rings. The lowest BCUT2D eigenvalue weighted by atomic mass is 9.69. The summed E-state index contributed by atoms with van der Waals surface area (Å²) in [5.74, 6) is 0.852. The van der Waals surface area contributed by atoms with Gasteiger partial charge in [0.25, 0.3) is 0 Å². The molecule has 96 valence electrons. The number of rotatable bonds is 6. The van der Waals surface area contributed by atoms with E-state index >= 15 is 0 Å². The van der Waals surface area contributed by atoms with Crippen LogP contribution in [0.3, 0.4) is 0 Å². The van der Waals surface area contributed by atoms with E-state index in [4.69, 9.17) is 5.11 Å². The summed E-state index contributed by atoms with van der Waals surface area (Å²) in [6.45, 7) is 5.64. The molecule has 0 saturated heterocycles. The third-order valence-electron chi connectivity index (χ3n) is 3.82. The van der Waals surface area contributed by atoms with Crippen molar-refractivity contribution >= 4 is 0 Å². The predicted octanol–water partition coefficient (Wildman–Crippen LogP) is 1.33. The van der Waals surface area contributed by atoms with Crippen molar-refractivity contribution in [1.29, 1.82) is 0 Å². The third kappa shape index (κ3) is 4.04. The van der Waals surface area contributed by atoms with Gasteiger partial charge in [-0.15, -0.1) is 0 Å². The van der Waals surface area contributed by atoms with Crippen LogP contribution < -0.4 is 5.32 Å². The van der Waals surface area contributed by atoms with E-state index in [1.807, 2.05) is 7.05 Å². The van der Waals surface area contributed by atoms with E-state index in [2.05, 4.69) is 24.2 Å². The number of nitrogens with zero attached hydrogens (tertiary/aromatic N) is 1. The van der Waals surface area contributed by atoms with Crippen molar-refractivity contribution in [3.05, 3.63) is 0 Å². The van der Waals surface area contributed by atoms with Crippen molar-refractivity contribution in [2.24, 2.45) is 11.3 Å². The van der Waals surface area contributed by atoms with Crippen molar-refractivity contribution in [1.82, 2.24) is 10.2 Å². The first-order valence-corrected chi connectivity index (χ1v) is 6.56. The Morgan fingerprint density at radius 3 is 2.81 bits per heavy atom. The van der Waals surface area contributed by atoms with Crippen LogP contribution in [-0.2, 0) is 0 Å². The summed E-state index contributed by atoms with van der Waals surface area (Å²) in [5, 5.41) is 12.3. The number of hydrogen-bond acceptors (Lipinski definition) is 3. The second-order valence-electron chi connectivity index (χ2n) is 5.69. The van der Waals surface area contributed by atoms with Gasteiger partial charge < -0.3 is 15.3 Å². The maximum atomic E-state index is 8.97. The van der Waals surface area contributed by atoms with E-state index < -0.39 is 0 Å². The minimum Gasteiger partial charge on any atom is -0.395 e. The summed E-state index contributed by atoms with van der Waals surface area (Å²) in [7, 11) is 4.17. The van der Waals surface area contributed by atoms with Gasteiger partial charge in [0.2, 0.25) is 0 Å². The molecule has 0 bridgehead atoms. The van der Waals surface area contributed by atoms with Gasteiger partial charge in [-0.1, -0.05) is 19.8 Å². The Bertz CT molecular complexity index is 194. The van der Waals surface area contributed by atoms with E-state index in [9.17, 15) is 0 Å². The highest BCUT2D eigenvalue weighted by molar-refractivity contribution is 4.89. The first-order chi connectivity index (χ1) is 7.62. The summed E-state index contributed by atoms with van der Waals surface area (Å²) in [6.07, 6.45) is 5.39. The molecular weight excluding hydrogens is 200 g/mol. The van der Waals surface area contributed by atoms with Crippen LogP contribution in [0.5, 0.6) is 0 Å². The lowest BCUT2D eigenvalue weighted by Crippen LogP contribution is -2.45. The van der Waals surface area contributed by atoms with Crippen molar-refractivity contribution in [3.63, 3.8) is 0 Å². The highest BCUT2D eigenvalue weighted by Crippen LogP contribution is 2.39. The molecule has 1 saturated carbocycles. The molecule has 3 heteroatoms. The molecule has 0 radical (unpaired) electrons. The number of nitrogens with one attached hydrogen (secondary N) is 1. The minimum atomic E-state index is 0.266. The van der Waals surface area contributed by atoms with Gasteiger partial charge in [-0.3, -0.25) is 0 Å². The molecule has 0 spiro atoms. The van der Waals surface area contributed by atoms with Crippen LogP contribution in [0.25, 0.3) is 0 Å². The summed E-state index contributed by atoms with van der Waals surface area (Å²) >= 11 is 0. The Balaban J connectivity index is 2.56. The molecule has 0 aromatic carbocycles. The van der Waals surface area contributed by atoms with Crippen molar-refractivity contribution in [3.8, 4) is 0 Å². The van der Waals surface area contributed by atoms with Crippen LogP contribution >= 0.6 is 0 Å². The van der Waals surface area contributed by atoms with E-state index in [0.29, 0.717) is 5.41 Å². The van der Waals surface area contributed by atoms with Gasteiger partial charge in [-0.2, -0.15) is 0 Å². The number of likely N-dealkylation sites (N-methyl/N-ethyl adjacent to an activating group) is 1. The van der Waals surface area contributed by atoms with E-state index in [0.717, 1.165) is 25.6 Å². The summed E-state index contributed by atoms with van der Waals surface area (Å²) in [4.78, 5) is 2.27. The van der Waals surface area contributed by atoms with Crippen LogP contribution in [0.15, 0.2) is 0 Å². The fraction of sp³-hybridized carbons (Fsp3) is 1.00. The maximum absolute atomic E-state index is 8.97. The van der Waals surface area contributed by atoms with Crippen LogP contribution in [-0.4, -0.2) is 50.3 Å². The van der Waals surface area contributed by atoms with Gasteiger partial charge in [0.15, 0.2) is 0 Å². The summed E-state index contributed by atoms with van der Waals surface area (Å²) in [5.41, 5.74) is 0.427. The van der Waals surface area contributed by atoms with Crippen LogP contribution in [0.1, 0.15) is 32.6 Å². The lowest BCUT2D eigenvalue weighted by Gasteiger charge is -2.42. The molecular formula is C13H28N2O. The fourth-order valence-electron chi connectivity index (χ4n) is 3.33. The molecule has 16 heavy (non-hydrogen) atoms. The van der Waals surface area contributed by atoms with Gasteiger partial charge in [0.05, 0.1) is 6.61 Å². The second-order valence-corrected chi connectivity index (χ2v) is 5.69.